The van der Waals surface area contributed by atoms with E-state index in [9.17, 15) is 8.78 Å². The van der Waals surface area contributed by atoms with E-state index in [1.807, 2.05) is 18.2 Å². The maximum absolute atomic E-state index is 13.8. The van der Waals surface area contributed by atoms with E-state index < -0.39 is 17.7 Å². The summed E-state index contributed by atoms with van der Waals surface area (Å²) in [5.74, 6) is -0.592. The Balaban J connectivity index is 2.16. The number of rotatable bonds is 5. The Labute approximate surface area is 126 Å². The second kappa shape index (κ2) is 7.07. The summed E-state index contributed by atoms with van der Waals surface area (Å²) in [4.78, 5) is 0.895. The Kier molecular flexibility index (Phi) is 5.40. The van der Waals surface area contributed by atoms with Crippen LogP contribution in [0.2, 0.25) is 5.02 Å². The highest BCUT2D eigenvalue weighted by atomic mass is 35.5. The Bertz CT molecular complexity index is 572. The molecule has 0 aliphatic rings. The molecule has 0 spiro atoms. The van der Waals surface area contributed by atoms with Crippen molar-refractivity contribution in [2.75, 3.05) is 12.8 Å². The number of benzene rings is 2. The van der Waals surface area contributed by atoms with Crippen LogP contribution in [-0.2, 0) is 0 Å². The summed E-state index contributed by atoms with van der Waals surface area (Å²) in [6, 6.07) is 10.9. The predicted octanol–water partition coefficient (Wildman–Crippen LogP) is 4.67. The van der Waals surface area contributed by atoms with E-state index in [-0.39, 0.29) is 5.56 Å². The molecule has 0 saturated heterocycles. The zero-order valence-corrected chi connectivity index (χ0v) is 12.4. The Hall–Kier alpha value is -1.10. The van der Waals surface area contributed by atoms with Gasteiger partial charge in [0.2, 0.25) is 0 Å². The van der Waals surface area contributed by atoms with Crippen LogP contribution in [0.5, 0.6) is 0 Å². The Morgan fingerprint density at radius 3 is 2.35 bits per heavy atom. The molecule has 0 aromatic heterocycles. The summed E-state index contributed by atoms with van der Waals surface area (Å²) in [5, 5.41) is 3.59. The molecule has 2 aromatic rings. The van der Waals surface area contributed by atoms with Gasteiger partial charge in [-0.3, -0.25) is 0 Å². The zero-order valence-electron chi connectivity index (χ0n) is 10.9. The van der Waals surface area contributed by atoms with E-state index in [2.05, 4.69) is 5.32 Å². The van der Waals surface area contributed by atoms with Gasteiger partial charge in [-0.2, -0.15) is 0 Å². The lowest BCUT2D eigenvalue weighted by Gasteiger charge is -2.18. The van der Waals surface area contributed by atoms with Crippen LogP contribution in [0.1, 0.15) is 11.6 Å². The Morgan fingerprint density at radius 1 is 1.10 bits per heavy atom. The quantitative estimate of drug-likeness (QED) is 0.805. The maximum atomic E-state index is 13.8. The molecule has 5 heteroatoms. The number of halogens is 3. The van der Waals surface area contributed by atoms with Crippen molar-refractivity contribution >= 4 is 23.4 Å². The van der Waals surface area contributed by atoms with Crippen molar-refractivity contribution in [1.29, 1.82) is 0 Å². The lowest BCUT2D eigenvalue weighted by atomic mass is 10.1. The molecule has 2 rings (SSSR count). The highest BCUT2D eigenvalue weighted by molar-refractivity contribution is 7.99. The predicted molar refractivity (Wildman–Crippen MR) is 80.3 cm³/mol. The molecular formula is C15H14ClF2NS. The van der Waals surface area contributed by atoms with Crippen LogP contribution in [0.3, 0.4) is 0 Å². The fourth-order valence-corrected chi connectivity index (χ4v) is 3.25. The third kappa shape index (κ3) is 3.51. The summed E-state index contributed by atoms with van der Waals surface area (Å²) in [7, 11) is 1.68. The van der Waals surface area contributed by atoms with Gasteiger partial charge in [0.25, 0.3) is 0 Å². The monoisotopic (exact) mass is 313 g/mol. The van der Waals surface area contributed by atoms with E-state index in [1.54, 1.807) is 13.1 Å². The highest BCUT2D eigenvalue weighted by Crippen LogP contribution is 2.31. The van der Waals surface area contributed by atoms with Crippen molar-refractivity contribution in [3.8, 4) is 0 Å². The normalized spacial score (nSPS) is 12.4. The topological polar surface area (TPSA) is 12.0 Å². The molecule has 1 nitrogen and oxygen atoms in total. The van der Waals surface area contributed by atoms with Crippen molar-refractivity contribution < 1.29 is 8.78 Å². The molecule has 0 heterocycles. The van der Waals surface area contributed by atoms with Gasteiger partial charge in [-0.15, -0.1) is 11.8 Å². The van der Waals surface area contributed by atoms with Gasteiger partial charge < -0.3 is 5.32 Å². The second-order valence-electron chi connectivity index (χ2n) is 4.22. The number of hydrogen-bond acceptors (Lipinski definition) is 2. The van der Waals surface area contributed by atoms with Crippen LogP contribution >= 0.6 is 23.4 Å². The minimum atomic E-state index is -0.538. The molecule has 0 amide bonds. The molecule has 20 heavy (non-hydrogen) atoms. The van der Waals surface area contributed by atoms with Gasteiger partial charge in [0.15, 0.2) is 0 Å². The molecule has 1 N–H and O–H groups in total. The first-order valence-electron chi connectivity index (χ1n) is 6.12. The fraction of sp³-hybridized carbons (Fsp3) is 0.200. The molecular weight excluding hydrogens is 300 g/mol. The standard InChI is InChI=1S/C15H14ClF2NS/c1-19-13(15-11(17)6-4-7-12(15)18)9-20-14-8-3-2-5-10(14)16/h2-8,13,19H,9H2,1H3. The Morgan fingerprint density at radius 2 is 1.75 bits per heavy atom. The summed E-state index contributed by atoms with van der Waals surface area (Å²) in [5.41, 5.74) is 0.0644. The van der Waals surface area contributed by atoms with Crippen LogP contribution in [0, 0.1) is 11.6 Å². The smallest absolute Gasteiger partial charge is 0.130 e. The van der Waals surface area contributed by atoms with E-state index >= 15 is 0 Å². The van der Waals surface area contributed by atoms with E-state index in [1.165, 1.54) is 30.0 Å². The largest absolute Gasteiger partial charge is 0.312 e. The molecule has 0 saturated carbocycles. The second-order valence-corrected chi connectivity index (χ2v) is 5.69. The molecule has 0 radical (unpaired) electrons. The van der Waals surface area contributed by atoms with Crippen LogP contribution in [-0.4, -0.2) is 12.8 Å². The summed E-state index contributed by atoms with van der Waals surface area (Å²) in [6.07, 6.45) is 0. The van der Waals surface area contributed by atoms with Gasteiger partial charge in [-0.1, -0.05) is 29.8 Å². The zero-order chi connectivity index (χ0) is 14.5. The maximum Gasteiger partial charge on any atom is 0.130 e. The van der Waals surface area contributed by atoms with Gasteiger partial charge in [0, 0.05) is 22.3 Å². The number of thioether (sulfide) groups is 1. The summed E-state index contributed by atoms with van der Waals surface area (Å²) in [6.45, 7) is 0. The molecule has 0 fully saturated rings. The minimum absolute atomic E-state index is 0.0644. The lowest BCUT2D eigenvalue weighted by molar-refractivity contribution is 0.513. The van der Waals surface area contributed by atoms with Crippen molar-refractivity contribution in [2.24, 2.45) is 0 Å². The van der Waals surface area contributed by atoms with Gasteiger partial charge >= 0.3 is 0 Å². The lowest BCUT2D eigenvalue weighted by Crippen LogP contribution is -2.21. The van der Waals surface area contributed by atoms with Crippen LogP contribution in [0.15, 0.2) is 47.4 Å². The van der Waals surface area contributed by atoms with Gasteiger partial charge in [0.1, 0.15) is 11.6 Å². The van der Waals surface area contributed by atoms with Crippen LogP contribution in [0.4, 0.5) is 8.78 Å². The van der Waals surface area contributed by atoms with E-state index in [4.69, 9.17) is 11.6 Å². The van der Waals surface area contributed by atoms with E-state index in [0.29, 0.717) is 10.8 Å². The van der Waals surface area contributed by atoms with E-state index in [0.717, 1.165) is 4.90 Å². The molecule has 1 unspecified atom stereocenters. The summed E-state index contributed by atoms with van der Waals surface area (Å²) < 4.78 is 27.6. The SMILES string of the molecule is CNC(CSc1ccccc1Cl)c1c(F)cccc1F. The van der Waals surface area contributed by atoms with Gasteiger partial charge in [-0.05, 0) is 31.3 Å². The first-order valence-corrected chi connectivity index (χ1v) is 7.48. The highest BCUT2D eigenvalue weighted by Gasteiger charge is 2.19. The van der Waals surface area contributed by atoms with Gasteiger partial charge in [-0.25, -0.2) is 8.78 Å². The average Bonchev–Trinajstić information content (AvgIpc) is 2.43. The fourth-order valence-electron chi connectivity index (χ4n) is 1.89. The number of nitrogens with one attached hydrogen (secondary N) is 1. The average molecular weight is 314 g/mol. The number of hydrogen-bond donors (Lipinski definition) is 1. The molecule has 0 aliphatic carbocycles. The molecule has 0 aliphatic heterocycles. The van der Waals surface area contributed by atoms with Crippen molar-refractivity contribution in [3.63, 3.8) is 0 Å². The first kappa shape index (κ1) is 15.3. The third-order valence-corrected chi connectivity index (χ3v) is 4.55. The van der Waals surface area contributed by atoms with Crippen LogP contribution < -0.4 is 5.32 Å². The third-order valence-electron chi connectivity index (χ3n) is 2.94. The molecule has 2 aromatic carbocycles. The van der Waals surface area contributed by atoms with Crippen LogP contribution in [0.25, 0.3) is 0 Å². The molecule has 0 bridgehead atoms. The molecule has 1 atom stereocenters. The van der Waals surface area contributed by atoms with Crippen molar-refractivity contribution in [1.82, 2.24) is 5.32 Å². The minimum Gasteiger partial charge on any atom is -0.312 e. The molecule has 106 valence electrons. The van der Waals surface area contributed by atoms with Gasteiger partial charge in [0.05, 0.1) is 5.02 Å². The van der Waals surface area contributed by atoms with Crippen molar-refractivity contribution in [3.05, 3.63) is 64.7 Å². The van der Waals surface area contributed by atoms with Crippen molar-refractivity contribution in [2.45, 2.75) is 10.9 Å². The summed E-state index contributed by atoms with van der Waals surface area (Å²) >= 11 is 7.53. The first-order chi connectivity index (χ1) is 9.63.